The van der Waals surface area contributed by atoms with E-state index in [0.717, 1.165) is 22.3 Å². The van der Waals surface area contributed by atoms with Gasteiger partial charge in [-0.25, -0.2) is 12.4 Å². The summed E-state index contributed by atoms with van der Waals surface area (Å²) in [6.07, 6.45) is 1.81. The van der Waals surface area contributed by atoms with E-state index in [4.69, 9.17) is 9.47 Å². The molecule has 0 aliphatic heterocycles. The molecule has 0 unspecified atom stereocenters. The summed E-state index contributed by atoms with van der Waals surface area (Å²) in [7, 11) is -0.703. The molecule has 1 heterocycles. The molecule has 1 aromatic heterocycles. The Balaban J connectivity index is 1.93. The van der Waals surface area contributed by atoms with Gasteiger partial charge in [0.15, 0.2) is 0 Å². The first-order valence-electron chi connectivity index (χ1n) is 9.77. The number of nitrogens with zero attached hydrogens (tertiary/aromatic N) is 1. The molecule has 3 aromatic carbocycles. The lowest BCUT2D eigenvalue weighted by atomic mass is 10.1. The maximum absolute atomic E-state index is 13.7. The van der Waals surface area contributed by atoms with Gasteiger partial charge in [0.05, 0.1) is 24.6 Å². The van der Waals surface area contributed by atoms with Crippen molar-refractivity contribution in [2.24, 2.45) is 0 Å². The number of ether oxygens (including phenoxy) is 2. The Labute approximate surface area is 182 Å². The van der Waals surface area contributed by atoms with Gasteiger partial charge >= 0.3 is 0 Å². The predicted molar refractivity (Wildman–Crippen MR) is 124 cm³/mol. The molecule has 0 atom stereocenters. The zero-order valence-electron chi connectivity index (χ0n) is 17.6. The fourth-order valence-electron chi connectivity index (χ4n) is 3.46. The van der Waals surface area contributed by atoms with E-state index in [2.05, 4.69) is 0 Å². The highest BCUT2D eigenvalue weighted by molar-refractivity contribution is 7.90. The van der Waals surface area contributed by atoms with Gasteiger partial charge in [0.25, 0.3) is 10.0 Å². The van der Waals surface area contributed by atoms with Gasteiger partial charge in [-0.1, -0.05) is 48.0 Å². The molecular formula is C25H23NO4S. The number of aromatic nitrogens is 1. The van der Waals surface area contributed by atoms with Crippen molar-refractivity contribution in [1.29, 1.82) is 0 Å². The average Bonchev–Trinajstić information content (AvgIpc) is 3.18. The van der Waals surface area contributed by atoms with Crippen molar-refractivity contribution in [1.82, 2.24) is 3.97 Å². The standard InChI is InChI=1S/C25H23NO4S/c1-18-8-14-22(15-9-18)31(27,28)26-23-7-5-4-6-20(23)17-24(26)25(30-3)16-19-10-12-21(29-2)13-11-19/h4-17H,1-3H3/b25-16-. The Hall–Kier alpha value is -3.51. The molecule has 0 radical (unpaired) electrons. The van der Waals surface area contributed by atoms with Crippen LogP contribution in [-0.4, -0.2) is 26.6 Å². The number of benzene rings is 3. The summed E-state index contributed by atoms with van der Waals surface area (Å²) in [5.74, 6) is 1.18. The maximum Gasteiger partial charge on any atom is 0.268 e. The monoisotopic (exact) mass is 433 g/mol. The van der Waals surface area contributed by atoms with Gasteiger partial charge in [0.1, 0.15) is 17.2 Å². The lowest BCUT2D eigenvalue weighted by Crippen LogP contribution is -2.15. The van der Waals surface area contributed by atoms with Crippen LogP contribution in [0.25, 0.3) is 22.7 Å². The lowest BCUT2D eigenvalue weighted by molar-refractivity contribution is 0.370. The summed E-state index contributed by atoms with van der Waals surface area (Å²) in [5.41, 5.74) is 2.91. The first-order chi connectivity index (χ1) is 14.9. The fourth-order valence-corrected chi connectivity index (χ4v) is 4.98. The molecule has 5 nitrogen and oxygen atoms in total. The second kappa shape index (κ2) is 8.32. The molecule has 0 N–H and O–H groups in total. The van der Waals surface area contributed by atoms with E-state index < -0.39 is 10.0 Å². The van der Waals surface area contributed by atoms with Crippen LogP contribution in [0.2, 0.25) is 0 Å². The van der Waals surface area contributed by atoms with Crippen LogP contribution < -0.4 is 4.74 Å². The molecule has 0 spiro atoms. The topological polar surface area (TPSA) is 57.5 Å². The van der Waals surface area contributed by atoms with E-state index in [-0.39, 0.29) is 4.90 Å². The van der Waals surface area contributed by atoms with Crippen LogP contribution in [0.15, 0.2) is 83.8 Å². The van der Waals surface area contributed by atoms with Gasteiger partial charge in [-0.05, 0) is 55.0 Å². The molecule has 31 heavy (non-hydrogen) atoms. The molecule has 0 aliphatic rings. The quantitative estimate of drug-likeness (QED) is 0.385. The minimum atomic E-state index is -3.85. The van der Waals surface area contributed by atoms with Crippen molar-refractivity contribution in [2.45, 2.75) is 11.8 Å². The highest BCUT2D eigenvalue weighted by Gasteiger charge is 2.25. The van der Waals surface area contributed by atoms with E-state index in [1.807, 2.05) is 61.5 Å². The smallest absolute Gasteiger partial charge is 0.268 e. The van der Waals surface area contributed by atoms with Crippen LogP contribution in [-0.2, 0) is 14.8 Å². The molecular weight excluding hydrogens is 410 g/mol. The zero-order chi connectivity index (χ0) is 22.0. The highest BCUT2D eigenvalue weighted by Crippen LogP contribution is 2.31. The third kappa shape index (κ3) is 3.94. The Bertz CT molecular complexity index is 1350. The average molecular weight is 434 g/mol. The number of fused-ring (bicyclic) bond motifs is 1. The SMILES string of the molecule is CO/C(=C\c1ccc(OC)cc1)c1cc2ccccc2n1S(=O)(=O)c1ccc(C)cc1. The van der Waals surface area contributed by atoms with Crippen LogP contribution in [0.4, 0.5) is 0 Å². The van der Waals surface area contributed by atoms with Gasteiger partial charge in [-0.15, -0.1) is 0 Å². The van der Waals surface area contributed by atoms with Crippen molar-refractivity contribution in [2.75, 3.05) is 14.2 Å². The van der Waals surface area contributed by atoms with Crippen molar-refractivity contribution in [3.8, 4) is 5.75 Å². The van der Waals surface area contributed by atoms with Crippen LogP contribution in [0, 0.1) is 6.92 Å². The summed E-state index contributed by atoms with van der Waals surface area (Å²) in [6.45, 7) is 1.92. The minimum absolute atomic E-state index is 0.223. The van der Waals surface area contributed by atoms with Crippen molar-refractivity contribution < 1.29 is 17.9 Å². The second-order valence-electron chi connectivity index (χ2n) is 7.16. The predicted octanol–water partition coefficient (Wildman–Crippen LogP) is 5.34. The molecule has 0 aliphatic carbocycles. The normalized spacial score (nSPS) is 12.2. The number of rotatable bonds is 6. The van der Waals surface area contributed by atoms with E-state index >= 15 is 0 Å². The molecule has 4 aromatic rings. The summed E-state index contributed by atoms with van der Waals surface area (Å²) in [4.78, 5) is 0.223. The van der Waals surface area contributed by atoms with Gasteiger partial charge in [-0.2, -0.15) is 0 Å². The number of hydrogen-bond acceptors (Lipinski definition) is 4. The summed E-state index contributed by atoms with van der Waals surface area (Å²) in [5, 5.41) is 0.811. The lowest BCUT2D eigenvalue weighted by Gasteiger charge is -2.14. The number of hydrogen-bond donors (Lipinski definition) is 0. The third-order valence-corrected chi connectivity index (χ3v) is 6.85. The Morgan fingerprint density at radius 2 is 1.58 bits per heavy atom. The first-order valence-corrected chi connectivity index (χ1v) is 11.2. The minimum Gasteiger partial charge on any atom is -0.497 e. The van der Waals surface area contributed by atoms with Crippen molar-refractivity contribution in [3.05, 3.63) is 95.7 Å². The maximum atomic E-state index is 13.7. The van der Waals surface area contributed by atoms with Crippen LogP contribution in [0.5, 0.6) is 5.75 Å². The van der Waals surface area contributed by atoms with Crippen LogP contribution in [0.3, 0.4) is 0 Å². The number of methoxy groups -OCH3 is 2. The molecule has 0 fully saturated rings. The fraction of sp³-hybridized carbons (Fsp3) is 0.120. The van der Waals surface area contributed by atoms with Crippen LogP contribution in [0.1, 0.15) is 16.8 Å². The third-order valence-electron chi connectivity index (χ3n) is 5.11. The van der Waals surface area contributed by atoms with Crippen molar-refractivity contribution >= 4 is 32.8 Å². The largest absolute Gasteiger partial charge is 0.497 e. The second-order valence-corrected chi connectivity index (χ2v) is 8.94. The van der Waals surface area contributed by atoms with E-state index in [1.165, 1.54) is 11.1 Å². The summed E-state index contributed by atoms with van der Waals surface area (Å²) < 4.78 is 39.5. The number of aryl methyl sites for hydroxylation is 1. The Kier molecular flexibility index (Phi) is 5.57. The van der Waals surface area contributed by atoms with E-state index in [0.29, 0.717) is 17.0 Å². The van der Waals surface area contributed by atoms with Crippen LogP contribution >= 0.6 is 0 Å². The summed E-state index contributed by atoms with van der Waals surface area (Å²) in [6, 6.07) is 23.5. The molecule has 158 valence electrons. The molecule has 0 amide bonds. The van der Waals surface area contributed by atoms with Crippen molar-refractivity contribution in [3.63, 3.8) is 0 Å². The van der Waals surface area contributed by atoms with E-state index in [1.54, 1.807) is 37.4 Å². The molecule has 0 saturated carbocycles. The van der Waals surface area contributed by atoms with Gasteiger partial charge in [0, 0.05) is 5.39 Å². The number of para-hydroxylation sites is 1. The molecule has 0 bridgehead atoms. The zero-order valence-corrected chi connectivity index (χ0v) is 18.4. The Morgan fingerprint density at radius 3 is 2.23 bits per heavy atom. The van der Waals surface area contributed by atoms with E-state index in [9.17, 15) is 8.42 Å². The summed E-state index contributed by atoms with van der Waals surface area (Å²) >= 11 is 0. The molecule has 6 heteroatoms. The van der Waals surface area contributed by atoms with Gasteiger partial charge < -0.3 is 9.47 Å². The first kappa shape index (κ1) is 20.8. The molecule has 0 saturated heterocycles. The highest BCUT2D eigenvalue weighted by atomic mass is 32.2. The van der Waals surface area contributed by atoms with Gasteiger partial charge in [-0.3, -0.25) is 0 Å². The van der Waals surface area contributed by atoms with Gasteiger partial charge in [0.2, 0.25) is 0 Å². The molecule has 4 rings (SSSR count). The Morgan fingerprint density at radius 1 is 0.903 bits per heavy atom.